The van der Waals surface area contributed by atoms with Crippen molar-refractivity contribution in [2.75, 3.05) is 135 Å². The summed E-state index contributed by atoms with van der Waals surface area (Å²) in [5, 5.41) is 282. The number of aliphatic hydroxyl groups excluding tert-OH is 26. The van der Waals surface area contributed by atoms with E-state index in [0.717, 1.165) is 35.3 Å². The van der Waals surface area contributed by atoms with Crippen LogP contribution in [-0.2, 0) is 75.8 Å². The minimum absolute atomic E-state index is 0.0149. The van der Waals surface area contributed by atoms with Crippen molar-refractivity contribution in [3.63, 3.8) is 0 Å². The largest absolute Gasteiger partial charge is 0.394 e. The number of aliphatic hydroxyl groups is 26. The standard InChI is InChI=1S/C67H120N2O42S5/c1-26-34(104-59(46(88)35(26)77)108-54-30(17-73)103-58(96-2)50(92)42(54)84)21-113-13-6-68-66(112)69-22-67(23-97-7-3-10-114-63-51(93)43(85)55(31(18-74)105-63)109-60-47(89)39(81)36(78)27(14-70)100-60,24-98-8-4-11-115-64-52(94)44(86)56(32(19-75)106-64)110-61-48(90)40(82)37(79)28(15-71)101-61)25-99-9-5-12-116-65-53(95)45(87)57(33(20-76)107-65)111-62-49(91)41(83)38(80)29(16-72)102-62/h26-65,70-95H,3-25H2,1-2H3,(H2,68,69,112)/t26?,27?,28?,29?,30?,31?,32?,33?,34?,35-,36-,37-,38-,39-,40-,41-,42+,43+,44+,45+,46?,47?,48?,49?,50?,51?,52?,53?,54?,55+,56+,57+,58-,59+,60-,61-,62-,63-,64-,65-,67?/m0/s1. The first kappa shape index (κ1) is 101. The number of thiocarbonyl (C=S) groups is 1. The van der Waals surface area contributed by atoms with Gasteiger partial charge in [-0.05, 0) is 48.7 Å². The summed E-state index contributed by atoms with van der Waals surface area (Å²) in [6.07, 6.45) is -56.1. The van der Waals surface area contributed by atoms with E-state index < -0.39 is 295 Å². The van der Waals surface area contributed by atoms with Gasteiger partial charge in [0.2, 0.25) is 0 Å². The molecule has 8 rings (SSSR count). The maximum atomic E-state index is 11.3. The Morgan fingerprint density at radius 1 is 0.336 bits per heavy atom. The maximum Gasteiger partial charge on any atom is 0.187 e. The Hall–Kier alpha value is -0.590. The monoisotopic (exact) mass is 1780 g/mol. The summed E-state index contributed by atoms with van der Waals surface area (Å²) in [7, 11) is 1.23. The molecule has 8 heterocycles. The highest BCUT2D eigenvalue weighted by Gasteiger charge is 2.56. The molecule has 0 bridgehead atoms. The van der Waals surface area contributed by atoms with Gasteiger partial charge in [-0.3, -0.25) is 0 Å². The summed E-state index contributed by atoms with van der Waals surface area (Å²) in [6.45, 7) is -3.67. The molecule has 0 aromatic heterocycles. The van der Waals surface area contributed by atoms with Gasteiger partial charge in [0.05, 0.1) is 83.7 Å². The normalized spacial score (nSPS) is 44.4. The highest BCUT2D eigenvalue weighted by atomic mass is 32.2. The second-order valence-corrected chi connectivity index (χ2v) is 34.6. The number of ether oxygens (including phenoxy) is 16. The van der Waals surface area contributed by atoms with Crippen molar-refractivity contribution in [2.24, 2.45) is 11.3 Å². The lowest BCUT2D eigenvalue weighted by molar-refractivity contribution is -0.350. The van der Waals surface area contributed by atoms with Gasteiger partial charge < -0.3 is 219 Å². The lowest BCUT2D eigenvalue weighted by Crippen LogP contribution is -2.64. The fraction of sp³-hybridized carbons (Fsp3) is 0.985. The van der Waals surface area contributed by atoms with Crippen molar-refractivity contribution in [3.8, 4) is 0 Å². The molecule has 0 aliphatic carbocycles. The van der Waals surface area contributed by atoms with Crippen molar-refractivity contribution < 1.29 is 209 Å². The first-order valence-electron chi connectivity index (χ1n) is 38.1. The van der Waals surface area contributed by atoms with Crippen LogP contribution in [0, 0.1) is 11.3 Å². The number of rotatable bonds is 44. The van der Waals surface area contributed by atoms with Gasteiger partial charge in [0.25, 0.3) is 0 Å². The Kier molecular flexibility index (Phi) is 42.5. The molecular formula is C67H120N2O42S5. The molecule has 0 amide bonds. The van der Waals surface area contributed by atoms with Crippen molar-refractivity contribution in [3.05, 3.63) is 0 Å². The molecule has 0 aromatic carbocycles. The molecule has 8 saturated heterocycles. The highest BCUT2D eigenvalue weighted by molar-refractivity contribution is 8.00. The zero-order chi connectivity index (χ0) is 85.0. The Balaban J connectivity index is 0.921. The van der Waals surface area contributed by atoms with E-state index in [1.165, 1.54) is 18.9 Å². The van der Waals surface area contributed by atoms with Crippen molar-refractivity contribution in [1.82, 2.24) is 10.6 Å². The Morgan fingerprint density at radius 2 is 0.629 bits per heavy atom. The maximum absolute atomic E-state index is 11.3. The zero-order valence-corrected chi connectivity index (χ0v) is 67.6. The number of hydrogen-bond acceptors (Lipinski definition) is 47. The van der Waals surface area contributed by atoms with Gasteiger partial charge in [-0.15, -0.1) is 35.3 Å². The predicted molar refractivity (Wildman–Crippen MR) is 401 cm³/mol. The lowest BCUT2D eigenvalue weighted by Gasteiger charge is -2.46. The molecule has 44 nitrogen and oxygen atoms in total. The van der Waals surface area contributed by atoms with E-state index in [1.807, 2.05) is 0 Å². The van der Waals surface area contributed by atoms with Gasteiger partial charge in [-0.2, -0.15) is 11.8 Å². The minimum Gasteiger partial charge on any atom is -0.394 e. The minimum atomic E-state index is -1.88. The third-order valence-corrected chi connectivity index (χ3v) is 26.2. The fourth-order valence-electron chi connectivity index (χ4n) is 14.0. The number of methoxy groups -OCH3 is 1. The molecule has 28 N–H and O–H groups in total. The number of thioether (sulfide) groups is 4. The smallest absolute Gasteiger partial charge is 0.187 e. The summed E-state index contributed by atoms with van der Waals surface area (Å²) in [5.74, 6) is 0.628. The van der Waals surface area contributed by atoms with Crippen molar-refractivity contribution >= 4 is 64.4 Å². The quantitative estimate of drug-likeness (QED) is 0.0199. The van der Waals surface area contributed by atoms with Gasteiger partial charge in [-0.25, -0.2) is 0 Å². The van der Waals surface area contributed by atoms with Crippen LogP contribution >= 0.6 is 59.3 Å². The van der Waals surface area contributed by atoms with E-state index in [4.69, 9.17) is 88.0 Å². The summed E-state index contributed by atoms with van der Waals surface area (Å²) in [6, 6.07) is 0. The molecule has 8 fully saturated rings. The second-order valence-electron chi connectivity index (χ2n) is 29.5. The van der Waals surface area contributed by atoms with Crippen LogP contribution in [0.3, 0.4) is 0 Å². The summed E-state index contributed by atoms with van der Waals surface area (Å²) < 4.78 is 93.1. The van der Waals surface area contributed by atoms with Crippen LogP contribution in [0.15, 0.2) is 0 Å². The van der Waals surface area contributed by atoms with Gasteiger partial charge in [0.15, 0.2) is 36.6 Å². The van der Waals surface area contributed by atoms with Crippen molar-refractivity contribution in [1.29, 1.82) is 0 Å². The van der Waals surface area contributed by atoms with Gasteiger partial charge in [0.1, 0.15) is 193 Å². The van der Waals surface area contributed by atoms with Crippen LogP contribution in [0.1, 0.15) is 26.2 Å². The molecule has 8 aliphatic rings. The molecule has 8 aliphatic heterocycles. The van der Waals surface area contributed by atoms with Crippen LogP contribution in [0.2, 0.25) is 0 Å². The average molecular weight is 1790 g/mol. The molecule has 18 unspecified atom stereocenters. The van der Waals surface area contributed by atoms with E-state index in [-0.39, 0.29) is 100 Å². The number of nitrogens with one attached hydrogen (secondary N) is 2. The number of hydrogen-bond donors (Lipinski definition) is 28. The van der Waals surface area contributed by atoms with Crippen LogP contribution in [0.5, 0.6) is 0 Å². The molecular weight excluding hydrogens is 1670 g/mol. The highest BCUT2D eigenvalue weighted by Crippen LogP contribution is 2.39. The average Bonchev–Trinajstić information content (AvgIpc) is 0.797. The van der Waals surface area contributed by atoms with E-state index in [9.17, 15) is 133 Å². The molecule has 49 heteroatoms. The van der Waals surface area contributed by atoms with Gasteiger partial charge >= 0.3 is 0 Å². The first-order valence-corrected chi connectivity index (χ1v) is 42.8. The molecule has 40 atom stereocenters. The lowest BCUT2D eigenvalue weighted by atomic mass is 9.90. The Morgan fingerprint density at radius 3 is 0.957 bits per heavy atom. The Bertz CT molecular complexity index is 2570. The third kappa shape index (κ3) is 25.9. The Labute approximate surface area is 689 Å². The molecule has 680 valence electrons. The third-order valence-electron chi connectivity index (χ3n) is 21.1. The van der Waals surface area contributed by atoms with E-state index in [1.54, 1.807) is 6.92 Å². The van der Waals surface area contributed by atoms with Gasteiger partial charge in [0, 0.05) is 57.4 Å². The molecule has 0 saturated carbocycles. The van der Waals surface area contributed by atoms with Crippen LogP contribution in [-0.4, -0.2) is 510 Å². The SMILES string of the molecule is CO[C@H]1OC(CO)C(O[C@H]2OC(CSCCNC(=S)NCC(COCCCS[C@@H]3OC(CO)[C@@H](O[C@@H]4OC(CO)[C@H](O)[C@H](O)C4O)[C@H](O)C3O)(COCCCS[C@@H]3OC(CO)[C@@H](O[C@@H]4OC(CO)[C@H](O)[C@H](O)C4O)[C@H](O)C3O)COCCCS[C@@H]3OC(CO)[C@@H](O[C@@H]4OC(CO)[C@H](O)[C@H](O)C4O)[C@H](O)C3O)C(C)[C@H](O)C2O)[C@H](O)C1O. The van der Waals surface area contributed by atoms with E-state index in [2.05, 4.69) is 10.6 Å². The van der Waals surface area contributed by atoms with Crippen LogP contribution in [0.4, 0.5) is 0 Å². The zero-order valence-electron chi connectivity index (χ0n) is 63.6. The van der Waals surface area contributed by atoms with Crippen LogP contribution < -0.4 is 10.6 Å². The first-order chi connectivity index (χ1) is 55.4. The summed E-state index contributed by atoms with van der Waals surface area (Å²) >= 11 is 10.3. The van der Waals surface area contributed by atoms with Crippen molar-refractivity contribution in [2.45, 2.75) is 263 Å². The molecule has 116 heavy (non-hydrogen) atoms. The fourth-order valence-corrected chi connectivity index (χ4v) is 18.5. The van der Waals surface area contributed by atoms with E-state index >= 15 is 0 Å². The summed E-state index contributed by atoms with van der Waals surface area (Å²) in [5.41, 5.74) is -4.66. The molecule has 0 spiro atoms. The van der Waals surface area contributed by atoms with E-state index in [0.29, 0.717) is 5.75 Å². The second kappa shape index (κ2) is 48.9. The molecule has 0 radical (unpaired) electrons. The van der Waals surface area contributed by atoms with Gasteiger partial charge in [-0.1, -0.05) is 6.92 Å². The summed E-state index contributed by atoms with van der Waals surface area (Å²) in [4.78, 5) is 0. The molecule has 0 aromatic rings. The van der Waals surface area contributed by atoms with Crippen LogP contribution in [0.25, 0.3) is 0 Å². The predicted octanol–water partition coefficient (Wildman–Crippen LogP) is -14.0. The topological polar surface area (TPSA) is 698 Å².